The van der Waals surface area contributed by atoms with E-state index < -0.39 is 0 Å². The molecule has 0 radical (unpaired) electrons. The maximum absolute atomic E-state index is 4.70. The average molecular weight is 490 g/mol. The van der Waals surface area contributed by atoms with Crippen molar-refractivity contribution in [2.75, 3.05) is 6.54 Å². The number of hydrogen-bond donors (Lipinski definition) is 2. The second-order valence-corrected chi connectivity index (χ2v) is 6.29. The summed E-state index contributed by atoms with van der Waals surface area (Å²) in [5.74, 6) is 1.81. The van der Waals surface area contributed by atoms with Gasteiger partial charge in [-0.15, -0.1) is 24.0 Å². The zero-order valence-electron chi connectivity index (χ0n) is 16.3. The fourth-order valence-electron chi connectivity index (χ4n) is 2.78. The minimum atomic E-state index is 0. The summed E-state index contributed by atoms with van der Waals surface area (Å²) in [4.78, 5) is 13.3. The number of benzene rings is 1. The van der Waals surface area contributed by atoms with Crippen molar-refractivity contribution in [1.29, 1.82) is 0 Å². The number of hydrogen-bond acceptors (Lipinski definition) is 3. The maximum Gasteiger partial charge on any atom is 0.191 e. The molecule has 6 nitrogen and oxygen atoms in total. The summed E-state index contributed by atoms with van der Waals surface area (Å²) >= 11 is 0. The molecule has 1 aromatic carbocycles. The number of aromatic nitrogens is 3. The van der Waals surface area contributed by atoms with Gasteiger partial charge in [0.2, 0.25) is 0 Å². The van der Waals surface area contributed by atoms with Gasteiger partial charge in [0.1, 0.15) is 5.82 Å². The molecule has 0 atom stereocenters. The van der Waals surface area contributed by atoms with Crippen LogP contribution in [0.4, 0.5) is 0 Å². The van der Waals surface area contributed by atoms with Crippen molar-refractivity contribution < 1.29 is 0 Å². The molecule has 0 bridgehead atoms. The first-order chi connectivity index (χ1) is 13.2. The van der Waals surface area contributed by atoms with Gasteiger partial charge in [0.05, 0.1) is 18.8 Å². The molecular formula is C21H27IN6. The molecule has 7 heteroatoms. The molecule has 0 aliphatic rings. The van der Waals surface area contributed by atoms with E-state index in [0.717, 1.165) is 30.6 Å². The molecule has 2 heterocycles. The van der Waals surface area contributed by atoms with Crippen LogP contribution in [-0.4, -0.2) is 27.0 Å². The Morgan fingerprint density at radius 1 is 1.04 bits per heavy atom. The first-order valence-electron chi connectivity index (χ1n) is 9.22. The first kappa shape index (κ1) is 21.9. The van der Waals surface area contributed by atoms with E-state index in [2.05, 4.69) is 56.4 Å². The smallest absolute Gasteiger partial charge is 0.191 e. The van der Waals surface area contributed by atoms with Gasteiger partial charge in [-0.1, -0.05) is 30.3 Å². The molecule has 3 rings (SSSR count). The highest BCUT2D eigenvalue weighted by Gasteiger charge is 2.02. The van der Waals surface area contributed by atoms with Gasteiger partial charge in [-0.25, -0.2) is 9.98 Å². The largest absolute Gasteiger partial charge is 0.357 e. The fourth-order valence-corrected chi connectivity index (χ4v) is 2.78. The van der Waals surface area contributed by atoms with Crippen molar-refractivity contribution in [1.82, 2.24) is 25.2 Å². The third kappa shape index (κ3) is 6.63. The van der Waals surface area contributed by atoms with E-state index in [0.29, 0.717) is 13.1 Å². The number of nitrogens with zero attached hydrogens (tertiary/aromatic N) is 4. The third-order valence-corrected chi connectivity index (χ3v) is 4.20. The summed E-state index contributed by atoms with van der Waals surface area (Å²) in [5, 5.41) is 6.61. The molecule has 0 saturated heterocycles. The van der Waals surface area contributed by atoms with E-state index in [1.165, 1.54) is 11.1 Å². The average Bonchev–Trinajstić information content (AvgIpc) is 3.10. The molecular weight excluding hydrogens is 463 g/mol. The van der Waals surface area contributed by atoms with Crippen LogP contribution in [0.1, 0.15) is 29.6 Å². The lowest BCUT2D eigenvalue weighted by atomic mass is 10.1. The number of aryl methyl sites for hydroxylation is 1. The van der Waals surface area contributed by atoms with Gasteiger partial charge in [-0.05, 0) is 37.1 Å². The standard InChI is InChI=1S/C21H26N6.HI/c1-3-22-21(26-15-20-9-4-5-10-24-20)25-14-18-7-6-8-19(13-18)16-27-12-11-23-17(27)2;/h4-13H,3,14-16H2,1-2H3,(H2,22,25,26);1H. The van der Waals surface area contributed by atoms with Crippen LogP contribution in [0.15, 0.2) is 66.0 Å². The number of rotatable bonds is 7. The van der Waals surface area contributed by atoms with Crippen molar-refractivity contribution in [3.8, 4) is 0 Å². The zero-order chi connectivity index (χ0) is 18.9. The van der Waals surface area contributed by atoms with Crippen LogP contribution < -0.4 is 10.6 Å². The molecule has 0 saturated carbocycles. The Morgan fingerprint density at radius 3 is 2.61 bits per heavy atom. The van der Waals surface area contributed by atoms with Gasteiger partial charge in [0.25, 0.3) is 0 Å². The van der Waals surface area contributed by atoms with Crippen molar-refractivity contribution in [2.45, 2.75) is 33.5 Å². The normalized spacial score (nSPS) is 11.0. The molecule has 3 aromatic rings. The maximum atomic E-state index is 4.70. The van der Waals surface area contributed by atoms with Crippen LogP contribution in [0, 0.1) is 6.92 Å². The lowest BCUT2D eigenvalue weighted by molar-refractivity contribution is 0.760. The Morgan fingerprint density at radius 2 is 1.89 bits per heavy atom. The topological polar surface area (TPSA) is 67.1 Å². The number of imidazole rings is 1. The molecule has 2 aromatic heterocycles. The Balaban J connectivity index is 0.00000280. The van der Waals surface area contributed by atoms with Crippen LogP contribution in [0.2, 0.25) is 0 Å². The monoisotopic (exact) mass is 490 g/mol. The highest BCUT2D eigenvalue weighted by atomic mass is 127. The highest BCUT2D eigenvalue weighted by Crippen LogP contribution is 2.09. The second-order valence-electron chi connectivity index (χ2n) is 6.29. The number of halogens is 1. The minimum Gasteiger partial charge on any atom is -0.357 e. The van der Waals surface area contributed by atoms with Crippen LogP contribution in [-0.2, 0) is 19.6 Å². The van der Waals surface area contributed by atoms with Gasteiger partial charge in [-0.2, -0.15) is 0 Å². The predicted octanol–water partition coefficient (Wildman–Crippen LogP) is 3.51. The van der Waals surface area contributed by atoms with Gasteiger partial charge >= 0.3 is 0 Å². The quantitative estimate of drug-likeness (QED) is 0.302. The van der Waals surface area contributed by atoms with Crippen LogP contribution in [0.25, 0.3) is 0 Å². The Bertz CT molecular complexity index is 875. The van der Waals surface area contributed by atoms with Crippen molar-refractivity contribution in [3.05, 3.63) is 83.7 Å². The molecule has 2 N–H and O–H groups in total. The van der Waals surface area contributed by atoms with Crippen LogP contribution >= 0.6 is 24.0 Å². The second kappa shape index (κ2) is 11.4. The Labute approximate surface area is 183 Å². The summed E-state index contributed by atoms with van der Waals surface area (Å²) in [6, 6.07) is 14.4. The van der Waals surface area contributed by atoms with E-state index in [9.17, 15) is 0 Å². The number of pyridine rings is 1. The number of aliphatic imine (C=N–C) groups is 1. The minimum absolute atomic E-state index is 0. The Hall–Kier alpha value is -2.42. The molecule has 148 valence electrons. The zero-order valence-corrected chi connectivity index (χ0v) is 18.6. The summed E-state index contributed by atoms with van der Waals surface area (Å²) in [6.45, 7) is 6.98. The number of nitrogens with one attached hydrogen (secondary N) is 2. The van der Waals surface area contributed by atoms with E-state index in [1.807, 2.05) is 37.5 Å². The molecule has 0 amide bonds. The summed E-state index contributed by atoms with van der Waals surface area (Å²) in [6.07, 6.45) is 5.64. The van der Waals surface area contributed by atoms with E-state index in [-0.39, 0.29) is 24.0 Å². The Kier molecular flexibility index (Phi) is 8.93. The fraction of sp³-hybridized carbons (Fsp3) is 0.286. The summed E-state index contributed by atoms with van der Waals surface area (Å²) in [7, 11) is 0. The van der Waals surface area contributed by atoms with Gasteiger partial charge < -0.3 is 15.2 Å². The van der Waals surface area contributed by atoms with Gasteiger partial charge in [0, 0.05) is 31.7 Å². The highest BCUT2D eigenvalue weighted by molar-refractivity contribution is 14.0. The molecule has 0 fully saturated rings. The molecule has 0 unspecified atom stereocenters. The molecule has 0 aliphatic carbocycles. The molecule has 0 spiro atoms. The van der Waals surface area contributed by atoms with E-state index in [4.69, 9.17) is 4.99 Å². The molecule has 0 aliphatic heterocycles. The first-order valence-corrected chi connectivity index (χ1v) is 9.22. The number of guanidine groups is 1. The van der Waals surface area contributed by atoms with Crippen molar-refractivity contribution >= 4 is 29.9 Å². The van der Waals surface area contributed by atoms with Crippen molar-refractivity contribution in [3.63, 3.8) is 0 Å². The van der Waals surface area contributed by atoms with Gasteiger partial charge in [0.15, 0.2) is 5.96 Å². The SMILES string of the molecule is CCNC(=NCc1cccc(Cn2ccnc2C)c1)NCc1ccccn1.I. The lowest BCUT2D eigenvalue weighted by Gasteiger charge is -2.11. The van der Waals surface area contributed by atoms with Crippen molar-refractivity contribution in [2.24, 2.45) is 4.99 Å². The van der Waals surface area contributed by atoms with Crippen LogP contribution in [0.5, 0.6) is 0 Å². The van der Waals surface area contributed by atoms with E-state index >= 15 is 0 Å². The predicted molar refractivity (Wildman–Crippen MR) is 124 cm³/mol. The molecule has 28 heavy (non-hydrogen) atoms. The third-order valence-electron chi connectivity index (χ3n) is 4.20. The summed E-state index contributed by atoms with van der Waals surface area (Å²) in [5.41, 5.74) is 3.41. The van der Waals surface area contributed by atoms with Gasteiger partial charge in [-0.3, -0.25) is 4.98 Å². The van der Waals surface area contributed by atoms with Crippen LogP contribution in [0.3, 0.4) is 0 Å². The van der Waals surface area contributed by atoms with E-state index in [1.54, 1.807) is 6.20 Å². The lowest BCUT2D eigenvalue weighted by Crippen LogP contribution is -2.37. The summed E-state index contributed by atoms with van der Waals surface area (Å²) < 4.78 is 2.14.